The minimum atomic E-state index is 0.366. The molecule has 0 heterocycles. The summed E-state index contributed by atoms with van der Waals surface area (Å²) in [7, 11) is 0. The number of halogens is 2. The van der Waals surface area contributed by atoms with Crippen LogP contribution in [0.4, 0.5) is 5.69 Å². The third kappa shape index (κ3) is 3.28. The van der Waals surface area contributed by atoms with Crippen molar-refractivity contribution in [2.45, 2.75) is 38.1 Å². The van der Waals surface area contributed by atoms with Gasteiger partial charge in [-0.2, -0.15) is 0 Å². The van der Waals surface area contributed by atoms with E-state index in [1.54, 1.807) is 6.07 Å². The van der Waals surface area contributed by atoms with Gasteiger partial charge in [0.05, 0.1) is 0 Å². The Kier molecular flexibility index (Phi) is 4.71. The largest absolute Gasteiger partial charge is 0.376 e. The van der Waals surface area contributed by atoms with Gasteiger partial charge < -0.3 is 10.6 Å². The van der Waals surface area contributed by atoms with E-state index in [1.165, 1.54) is 19.3 Å². The van der Waals surface area contributed by atoms with Gasteiger partial charge in [-0.1, -0.05) is 42.5 Å². The summed E-state index contributed by atoms with van der Waals surface area (Å²) in [4.78, 5) is 1.99. The van der Waals surface area contributed by atoms with Gasteiger partial charge in [0.2, 0.25) is 0 Å². The van der Waals surface area contributed by atoms with Crippen LogP contribution in [0.25, 0.3) is 0 Å². The number of anilines is 1. The number of thiocarbonyl (C=S) groups is 1. The van der Waals surface area contributed by atoms with Crippen molar-refractivity contribution >= 4 is 46.2 Å². The summed E-state index contributed by atoms with van der Waals surface area (Å²) in [5.41, 5.74) is 6.77. The van der Waals surface area contributed by atoms with E-state index in [1.807, 2.05) is 17.0 Å². The van der Waals surface area contributed by atoms with Crippen LogP contribution in [-0.2, 0) is 0 Å². The Morgan fingerprint density at radius 2 is 1.67 bits per heavy atom. The maximum atomic E-state index is 6.04. The maximum Gasteiger partial charge on any atom is 0.171 e. The highest BCUT2D eigenvalue weighted by Gasteiger charge is 2.23. The summed E-state index contributed by atoms with van der Waals surface area (Å²) in [6.45, 7) is 0. The molecular formula is C13H16Cl2N2S. The summed E-state index contributed by atoms with van der Waals surface area (Å²) in [6, 6.07) is 5.80. The lowest BCUT2D eigenvalue weighted by molar-refractivity contribution is 0.440. The molecule has 0 aromatic heterocycles. The van der Waals surface area contributed by atoms with E-state index < -0.39 is 0 Å². The summed E-state index contributed by atoms with van der Waals surface area (Å²) >= 11 is 17.3. The van der Waals surface area contributed by atoms with Crippen LogP contribution in [-0.4, -0.2) is 11.2 Å². The fourth-order valence-electron chi connectivity index (χ4n) is 2.54. The molecule has 1 aliphatic carbocycles. The molecule has 18 heavy (non-hydrogen) atoms. The first kappa shape index (κ1) is 13.9. The zero-order valence-electron chi connectivity index (χ0n) is 10.0. The molecule has 1 aliphatic rings. The van der Waals surface area contributed by atoms with Crippen LogP contribution in [0.15, 0.2) is 18.2 Å². The summed E-state index contributed by atoms with van der Waals surface area (Å²) < 4.78 is 0. The molecule has 1 aromatic carbocycles. The van der Waals surface area contributed by atoms with Crippen LogP contribution in [0, 0.1) is 0 Å². The van der Waals surface area contributed by atoms with Crippen molar-refractivity contribution in [2.24, 2.45) is 5.73 Å². The lowest BCUT2D eigenvalue weighted by Crippen LogP contribution is -2.44. The smallest absolute Gasteiger partial charge is 0.171 e. The second kappa shape index (κ2) is 6.09. The molecule has 98 valence electrons. The van der Waals surface area contributed by atoms with Crippen molar-refractivity contribution in [3.8, 4) is 0 Å². The molecule has 0 aliphatic heterocycles. The van der Waals surface area contributed by atoms with Gasteiger partial charge >= 0.3 is 0 Å². The van der Waals surface area contributed by atoms with Crippen molar-refractivity contribution < 1.29 is 0 Å². The molecule has 0 spiro atoms. The third-order valence-electron chi connectivity index (χ3n) is 3.30. The molecule has 1 fully saturated rings. The Balaban J connectivity index is 2.31. The Labute approximate surface area is 123 Å². The standard InChI is InChI=1S/C13H16Cl2N2S/c14-9-6-10(15)8-12(7-9)17(13(16)18)11-4-2-1-3-5-11/h6-8,11H,1-5H2,(H2,16,18). The SMILES string of the molecule is NC(=S)N(c1cc(Cl)cc(Cl)c1)C1CCCCC1. The first-order valence-corrected chi connectivity index (χ1v) is 7.29. The molecule has 0 bridgehead atoms. The number of hydrogen-bond acceptors (Lipinski definition) is 1. The second-order valence-electron chi connectivity index (χ2n) is 4.63. The van der Waals surface area contributed by atoms with Gasteiger partial charge in [0.15, 0.2) is 5.11 Å². The van der Waals surface area contributed by atoms with Gasteiger partial charge in [-0.15, -0.1) is 0 Å². The van der Waals surface area contributed by atoms with Crippen LogP contribution in [0.5, 0.6) is 0 Å². The molecule has 0 radical (unpaired) electrons. The van der Waals surface area contributed by atoms with Gasteiger partial charge in [-0.3, -0.25) is 0 Å². The van der Waals surface area contributed by atoms with Crippen LogP contribution in [0.3, 0.4) is 0 Å². The zero-order valence-corrected chi connectivity index (χ0v) is 12.4. The molecule has 0 unspecified atom stereocenters. The second-order valence-corrected chi connectivity index (χ2v) is 5.92. The van der Waals surface area contributed by atoms with E-state index in [2.05, 4.69) is 0 Å². The van der Waals surface area contributed by atoms with Crippen molar-refractivity contribution in [2.75, 3.05) is 4.90 Å². The Morgan fingerprint density at radius 1 is 1.11 bits per heavy atom. The summed E-state index contributed by atoms with van der Waals surface area (Å²) in [5, 5.41) is 1.60. The van der Waals surface area contributed by atoms with Gasteiger partial charge in [0.25, 0.3) is 0 Å². The maximum absolute atomic E-state index is 6.04. The van der Waals surface area contributed by atoms with E-state index in [-0.39, 0.29) is 0 Å². The average Bonchev–Trinajstić information content (AvgIpc) is 2.28. The Hall–Kier alpha value is -0.510. The molecule has 2 nitrogen and oxygen atoms in total. The van der Waals surface area contributed by atoms with Crippen molar-refractivity contribution in [1.29, 1.82) is 0 Å². The highest BCUT2D eigenvalue weighted by molar-refractivity contribution is 7.80. The first-order chi connectivity index (χ1) is 8.58. The fourth-order valence-corrected chi connectivity index (χ4v) is 3.30. The Bertz CT molecular complexity index is 424. The van der Waals surface area contributed by atoms with Crippen LogP contribution >= 0.6 is 35.4 Å². The van der Waals surface area contributed by atoms with Gasteiger partial charge in [0.1, 0.15) is 0 Å². The van der Waals surface area contributed by atoms with Crippen molar-refractivity contribution in [3.05, 3.63) is 28.2 Å². The van der Waals surface area contributed by atoms with Crippen LogP contribution < -0.4 is 10.6 Å². The van der Waals surface area contributed by atoms with E-state index >= 15 is 0 Å². The van der Waals surface area contributed by atoms with Crippen LogP contribution in [0.2, 0.25) is 10.0 Å². The number of benzene rings is 1. The third-order valence-corrected chi connectivity index (χ3v) is 3.94. The number of nitrogens with two attached hydrogens (primary N) is 1. The molecule has 2 rings (SSSR count). The molecule has 0 amide bonds. The number of rotatable bonds is 2. The summed E-state index contributed by atoms with van der Waals surface area (Å²) in [6.07, 6.45) is 5.96. The predicted octanol–water partition coefficient (Wildman–Crippen LogP) is 4.38. The fraction of sp³-hybridized carbons (Fsp3) is 0.462. The number of hydrogen-bond donors (Lipinski definition) is 1. The average molecular weight is 303 g/mol. The normalized spacial score (nSPS) is 16.6. The predicted molar refractivity (Wildman–Crippen MR) is 82.6 cm³/mol. The van der Waals surface area contributed by atoms with E-state index in [0.717, 1.165) is 18.5 Å². The van der Waals surface area contributed by atoms with E-state index in [9.17, 15) is 0 Å². The Morgan fingerprint density at radius 3 is 2.17 bits per heavy atom. The molecule has 5 heteroatoms. The minimum absolute atomic E-state index is 0.366. The van der Waals surface area contributed by atoms with Gasteiger partial charge in [-0.05, 0) is 43.3 Å². The molecular weight excluding hydrogens is 287 g/mol. The molecule has 1 saturated carbocycles. The van der Waals surface area contributed by atoms with E-state index in [0.29, 0.717) is 21.2 Å². The zero-order chi connectivity index (χ0) is 13.1. The van der Waals surface area contributed by atoms with E-state index in [4.69, 9.17) is 41.2 Å². The molecule has 0 saturated heterocycles. The highest BCUT2D eigenvalue weighted by Crippen LogP contribution is 2.31. The highest BCUT2D eigenvalue weighted by atomic mass is 35.5. The molecule has 0 atom stereocenters. The monoisotopic (exact) mass is 302 g/mol. The lowest BCUT2D eigenvalue weighted by Gasteiger charge is -2.35. The topological polar surface area (TPSA) is 29.3 Å². The molecule has 2 N–H and O–H groups in total. The van der Waals surface area contributed by atoms with Gasteiger partial charge in [0, 0.05) is 21.8 Å². The quantitative estimate of drug-likeness (QED) is 0.822. The minimum Gasteiger partial charge on any atom is -0.376 e. The first-order valence-electron chi connectivity index (χ1n) is 6.12. The molecule has 1 aromatic rings. The van der Waals surface area contributed by atoms with Crippen molar-refractivity contribution in [1.82, 2.24) is 0 Å². The summed E-state index contributed by atoms with van der Waals surface area (Å²) in [5.74, 6) is 0. The number of nitrogens with zero attached hydrogens (tertiary/aromatic N) is 1. The van der Waals surface area contributed by atoms with Gasteiger partial charge in [-0.25, -0.2) is 0 Å². The lowest BCUT2D eigenvalue weighted by atomic mass is 9.94. The van der Waals surface area contributed by atoms with Crippen molar-refractivity contribution in [3.63, 3.8) is 0 Å². The van der Waals surface area contributed by atoms with Crippen LogP contribution in [0.1, 0.15) is 32.1 Å².